The normalized spacial score (nSPS) is 8.25. The van der Waals surface area contributed by atoms with Crippen LogP contribution in [0.4, 0.5) is 4.79 Å². The second-order valence-corrected chi connectivity index (χ2v) is 5.26. The van der Waals surface area contributed by atoms with E-state index in [1.54, 1.807) is 0 Å². The molecule has 0 saturated carbocycles. The first-order valence-electron chi connectivity index (χ1n) is 7.38. The molecule has 0 aliphatic rings. The van der Waals surface area contributed by atoms with Crippen molar-refractivity contribution in [3.63, 3.8) is 0 Å². The van der Waals surface area contributed by atoms with E-state index in [1.807, 2.05) is 5.43 Å². The molecule has 0 bridgehead atoms. The number of nitrogens with zero attached hydrogens (tertiary/aromatic N) is 2. The van der Waals surface area contributed by atoms with Crippen molar-refractivity contribution >= 4 is 63.9 Å². The topological polar surface area (TPSA) is 248 Å². The Morgan fingerprint density at radius 3 is 1.66 bits per heavy atom. The Morgan fingerprint density at radius 2 is 1.38 bits per heavy atom. The van der Waals surface area contributed by atoms with Crippen LogP contribution in [0.1, 0.15) is 21.0 Å². The van der Waals surface area contributed by atoms with Crippen molar-refractivity contribution in [2.75, 3.05) is 11.8 Å². The molecule has 0 aromatic carbocycles. The fraction of sp³-hybridized carbons (Fsp3) is 0.154. The summed E-state index contributed by atoms with van der Waals surface area (Å²) >= 11 is 14.7. The van der Waals surface area contributed by atoms with Crippen LogP contribution in [0.5, 0.6) is 0 Å². The Morgan fingerprint density at radius 1 is 0.969 bits per heavy atom. The van der Waals surface area contributed by atoms with Crippen LogP contribution in [-0.4, -0.2) is 66.4 Å². The molecule has 2 rings (SSSR count). The third-order valence-corrected chi connectivity index (χ3v) is 2.92. The molecule has 2 heterocycles. The van der Waals surface area contributed by atoms with Crippen molar-refractivity contribution in [3.8, 4) is 0 Å². The maximum Gasteiger partial charge on any atom is 1.00 e. The standard InChI is InChI=1S/C6H7ClN4O2.C4H6N4O.C2H2Cl2O.CH2O3.K/c7-3-5(12)10-11-6(13)4-1-2-8-9-4;5-7-4(9)3-1-2-6-8-3;3-1-2(4)5;2-1(3)4;/h1-2H,3H2,(H,8,9)(H,10,12)(H,11,13);1-2H,5H2,(H,6,8)(H,7,9);1H2;(H2,2,3,4);/q;;;;+1/p-1. The predicted octanol–water partition coefficient (Wildman–Crippen LogP) is -4.69. The van der Waals surface area contributed by atoms with Crippen LogP contribution in [0, 0.1) is 0 Å². The molecular weight excluding hydrogens is 526 g/mol. The number of nitrogen functional groups attached to an aromatic ring is 1. The Kier molecular flexibility index (Phi) is 24.4. The molecule has 19 heteroatoms. The van der Waals surface area contributed by atoms with Crippen LogP contribution < -0.4 is 78.6 Å². The van der Waals surface area contributed by atoms with Crippen LogP contribution in [0.25, 0.3) is 0 Å². The smallest absolute Gasteiger partial charge is 0.565 e. The number of alkyl halides is 2. The van der Waals surface area contributed by atoms with Gasteiger partial charge in [-0.05, 0) is 23.7 Å². The van der Waals surface area contributed by atoms with Gasteiger partial charge in [0.05, 0.1) is 5.88 Å². The van der Waals surface area contributed by atoms with Crippen molar-refractivity contribution in [3.05, 3.63) is 35.9 Å². The molecule has 8 N–H and O–H groups in total. The van der Waals surface area contributed by atoms with E-state index in [0.29, 0.717) is 5.69 Å². The summed E-state index contributed by atoms with van der Waals surface area (Å²) in [4.78, 5) is 50.1. The van der Waals surface area contributed by atoms with Gasteiger partial charge in [-0.3, -0.25) is 45.7 Å². The van der Waals surface area contributed by atoms with E-state index in [9.17, 15) is 19.2 Å². The number of carboxylic acid groups (broad SMARTS) is 2. The molecule has 0 aliphatic heterocycles. The van der Waals surface area contributed by atoms with Gasteiger partial charge in [-0.1, -0.05) is 0 Å². The average molecular weight is 542 g/mol. The fourth-order valence-corrected chi connectivity index (χ4v) is 1.14. The van der Waals surface area contributed by atoms with Crippen LogP contribution >= 0.6 is 34.8 Å². The van der Waals surface area contributed by atoms with Gasteiger partial charge in [0.1, 0.15) is 17.3 Å². The molecule has 2 aromatic heterocycles. The van der Waals surface area contributed by atoms with Crippen LogP contribution in [0.15, 0.2) is 24.5 Å². The maximum absolute atomic E-state index is 11.1. The Labute approximate surface area is 237 Å². The van der Waals surface area contributed by atoms with E-state index >= 15 is 0 Å². The minimum atomic E-state index is -2.08. The quantitative estimate of drug-likeness (QED) is 0.0486. The SMILES string of the molecule is NNC(=O)c1ccn[nH]1.O=C(CCl)NNC(=O)c1ccn[nH]1.O=C(Cl)CCl.O=C([O-])O.[K+]. The Balaban J connectivity index is -0.000000386. The summed E-state index contributed by atoms with van der Waals surface area (Å²) in [5, 5.41) is 26.8. The zero-order chi connectivity index (χ0) is 24.2. The fourth-order valence-electron chi connectivity index (χ4n) is 1.07. The number of halogens is 3. The number of amides is 3. The maximum atomic E-state index is 11.1. The number of nitrogens with one attached hydrogen (secondary N) is 5. The van der Waals surface area contributed by atoms with Crippen molar-refractivity contribution in [2.45, 2.75) is 0 Å². The number of carbonyl (C=O) groups is 5. The van der Waals surface area contributed by atoms with Crippen molar-refractivity contribution < 1.29 is 85.6 Å². The second-order valence-electron chi connectivity index (χ2n) is 4.30. The molecule has 172 valence electrons. The van der Waals surface area contributed by atoms with E-state index in [-0.39, 0.29) is 74.7 Å². The third kappa shape index (κ3) is 21.5. The van der Waals surface area contributed by atoms with Crippen LogP contribution in [-0.2, 0) is 9.59 Å². The van der Waals surface area contributed by atoms with E-state index in [4.69, 9.17) is 55.7 Å². The molecule has 3 amide bonds. The van der Waals surface area contributed by atoms with Gasteiger partial charge >= 0.3 is 51.4 Å². The Hall–Kier alpha value is -1.76. The van der Waals surface area contributed by atoms with Gasteiger partial charge in [0.25, 0.3) is 17.7 Å². The molecule has 0 saturated heterocycles. The van der Waals surface area contributed by atoms with Gasteiger partial charge < -0.3 is 15.0 Å². The first kappa shape index (κ1) is 34.8. The van der Waals surface area contributed by atoms with Crippen LogP contribution in [0.2, 0.25) is 0 Å². The summed E-state index contributed by atoms with van der Waals surface area (Å²) in [5.74, 6) is 3.19. The van der Waals surface area contributed by atoms with Gasteiger partial charge in [-0.15, -0.1) is 23.2 Å². The minimum absolute atomic E-state index is 0. The van der Waals surface area contributed by atoms with Gasteiger partial charge in [-0.25, -0.2) is 5.84 Å². The molecule has 0 unspecified atom stereocenters. The van der Waals surface area contributed by atoms with Gasteiger partial charge in [0.2, 0.25) is 11.4 Å². The zero-order valence-electron chi connectivity index (χ0n) is 16.2. The Bertz CT molecular complexity index is 805. The number of carbonyl (C=O) groups excluding carboxylic acids is 4. The van der Waals surface area contributed by atoms with E-state index in [0.717, 1.165) is 0 Å². The molecule has 0 fully saturated rings. The van der Waals surface area contributed by atoms with Crippen molar-refractivity contribution in [1.82, 2.24) is 36.7 Å². The molecule has 32 heavy (non-hydrogen) atoms. The second kappa shape index (κ2) is 22.4. The summed E-state index contributed by atoms with van der Waals surface area (Å²) in [7, 11) is 0. The predicted molar refractivity (Wildman–Crippen MR) is 105 cm³/mol. The molecule has 2 aromatic rings. The van der Waals surface area contributed by atoms with E-state index in [2.05, 4.69) is 31.2 Å². The molecular formula is C13H16Cl3KN8O7. The number of hydrogen-bond acceptors (Lipinski definition) is 9. The number of H-pyrrole nitrogens is 2. The summed E-state index contributed by atoms with van der Waals surface area (Å²) < 4.78 is 0. The molecule has 15 nitrogen and oxygen atoms in total. The van der Waals surface area contributed by atoms with Crippen LogP contribution in [0.3, 0.4) is 0 Å². The number of aromatic nitrogens is 4. The number of hydrazine groups is 2. The third-order valence-electron chi connectivity index (χ3n) is 2.16. The minimum Gasteiger partial charge on any atom is -0.565 e. The monoisotopic (exact) mass is 540 g/mol. The summed E-state index contributed by atoms with van der Waals surface area (Å²) in [6, 6.07) is 3.00. The first-order valence-corrected chi connectivity index (χ1v) is 8.82. The number of nitrogens with two attached hydrogens (primary N) is 1. The number of aromatic amines is 2. The molecule has 0 radical (unpaired) electrons. The summed E-state index contributed by atoms with van der Waals surface area (Å²) in [5.41, 5.74) is 6.82. The number of rotatable bonds is 4. The van der Waals surface area contributed by atoms with E-state index in [1.165, 1.54) is 24.5 Å². The molecule has 0 aliphatic carbocycles. The summed E-state index contributed by atoms with van der Waals surface area (Å²) in [6.07, 6.45) is 0.822. The summed E-state index contributed by atoms with van der Waals surface area (Å²) in [6.45, 7) is 0. The van der Waals surface area contributed by atoms with E-state index < -0.39 is 23.2 Å². The zero-order valence-corrected chi connectivity index (χ0v) is 21.6. The first-order chi connectivity index (χ1) is 14.6. The van der Waals surface area contributed by atoms with Gasteiger partial charge in [0, 0.05) is 12.4 Å². The van der Waals surface area contributed by atoms with Gasteiger partial charge in [0.15, 0.2) is 0 Å². The number of hydrogen-bond donors (Lipinski definition) is 7. The largest absolute Gasteiger partial charge is 1.00 e. The molecule has 0 spiro atoms. The van der Waals surface area contributed by atoms with Crippen molar-refractivity contribution in [2.24, 2.45) is 5.84 Å². The van der Waals surface area contributed by atoms with Crippen molar-refractivity contribution in [1.29, 1.82) is 0 Å². The van der Waals surface area contributed by atoms with Gasteiger partial charge in [-0.2, -0.15) is 10.2 Å². The molecule has 0 atom stereocenters. The average Bonchev–Trinajstić information content (AvgIpc) is 3.45.